The third-order valence-electron chi connectivity index (χ3n) is 5.01. The highest BCUT2D eigenvalue weighted by Crippen LogP contribution is 2.35. The molecule has 2 heterocycles. The van der Waals surface area contributed by atoms with E-state index in [-0.39, 0.29) is 0 Å². The number of rotatable bonds is 4. The van der Waals surface area contributed by atoms with Crippen LogP contribution in [0, 0.1) is 13.8 Å². The fourth-order valence-corrected chi connectivity index (χ4v) is 3.47. The van der Waals surface area contributed by atoms with Crippen LogP contribution in [0.4, 0.5) is 11.4 Å². The first-order chi connectivity index (χ1) is 14.2. The highest BCUT2D eigenvalue weighted by atomic mass is 35.5. The van der Waals surface area contributed by atoms with E-state index in [4.69, 9.17) is 11.6 Å². The number of benzene rings is 2. The monoisotopic (exact) mass is 418 g/mol. The van der Waals surface area contributed by atoms with Crippen molar-refractivity contribution in [3.8, 4) is 11.1 Å². The topological polar surface area (TPSA) is 70.9 Å². The fourth-order valence-electron chi connectivity index (χ4n) is 3.27. The van der Waals surface area contributed by atoms with Gasteiger partial charge in [0.15, 0.2) is 5.82 Å². The van der Waals surface area contributed by atoms with Gasteiger partial charge in [0, 0.05) is 35.2 Å². The summed E-state index contributed by atoms with van der Waals surface area (Å²) in [5.41, 5.74) is 5.67. The minimum Gasteiger partial charge on any atom is -0.382 e. The highest BCUT2D eigenvalue weighted by molar-refractivity contribution is 6.34. The molecule has 2 aromatic carbocycles. The Balaban J connectivity index is 1.80. The summed E-state index contributed by atoms with van der Waals surface area (Å²) in [5.74, 6) is 0.383. The number of nitrogens with zero attached hydrogens (tertiary/aromatic N) is 3. The summed E-state index contributed by atoms with van der Waals surface area (Å²) in [6.07, 6.45) is 5.10. The summed E-state index contributed by atoms with van der Waals surface area (Å²) >= 11 is 6.54. The van der Waals surface area contributed by atoms with Crippen molar-refractivity contribution >= 4 is 33.9 Å². The number of halogens is 1. The molecule has 152 valence electrons. The van der Waals surface area contributed by atoms with E-state index in [1.54, 1.807) is 32.4 Å². The molecule has 0 bridgehead atoms. The molecule has 0 aliphatic heterocycles. The molecule has 4 rings (SSSR count). The zero-order chi connectivity index (χ0) is 21.5. The number of aromatic nitrogens is 3. The van der Waals surface area contributed by atoms with Crippen LogP contribution in [0.1, 0.15) is 30.8 Å². The van der Waals surface area contributed by atoms with Crippen molar-refractivity contribution < 1.29 is 5.11 Å². The summed E-state index contributed by atoms with van der Waals surface area (Å²) < 4.78 is 0. The molecular weight excluding hydrogens is 396 g/mol. The number of pyridine rings is 1. The second kappa shape index (κ2) is 7.67. The Hall–Kier alpha value is -3.02. The average Bonchev–Trinajstić information content (AvgIpc) is 2.72. The van der Waals surface area contributed by atoms with E-state index < -0.39 is 5.60 Å². The maximum absolute atomic E-state index is 10.1. The normalized spacial score (nSPS) is 11.7. The van der Waals surface area contributed by atoms with Crippen LogP contribution in [0.2, 0.25) is 5.02 Å². The third-order valence-corrected chi connectivity index (χ3v) is 5.29. The molecule has 0 atom stereocenters. The van der Waals surface area contributed by atoms with Crippen LogP contribution in [0.15, 0.2) is 55.0 Å². The van der Waals surface area contributed by atoms with Crippen molar-refractivity contribution in [1.82, 2.24) is 15.0 Å². The van der Waals surface area contributed by atoms with Gasteiger partial charge < -0.3 is 10.4 Å². The zero-order valence-electron chi connectivity index (χ0n) is 17.4. The molecule has 2 N–H and O–H groups in total. The summed E-state index contributed by atoms with van der Waals surface area (Å²) in [6, 6.07) is 12.2. The van der Waals surface area contributed by atoms with Crippen LogP contribution in [-0.2, 0) is 5.60 Å². The number of anilines is 2. The van der Waals surface area contributed by atoms with Gasteiger partial charge >= 0.3 is 0 Å². The molecule has 0 aliphatic rings. The van der Waals surface area contributed by atoms with Crippen molar-refractivity contribution in [2.75, 3.05) is 5.32 Å². The van der Waals surface area contributed by atoms with Crippen LogP contribution in [0.3, 0.4) is 0 Å². The molecule has 0 saturated carbocycles. The number of aliphatic hydroxyl groups is 1. The highest BCUT2D eigenvalue weighted by Gasteiger charge is 2.19. The predicted octanol–water partition coefficient (Wildman–Crippen LogP) is 5.93. The van der Waals surface area contributed by atoms with Crippen LogP contribution in [0.25, 0.3) is 22.0 Å². The van der Waals surface area contributed by atoms with Crippen LogP contribution in [0.5, 0.6) is 0 Å². The van der Waals surface area contributed by atoms with Gasteiger partial charge in [-0.2, -0.15) is 0 Å². The second-order valence-electron chi connectivity index (χ2n) is 8.01. The van der Waals surface area contributed by atoms with Gasteiger partial charge in [-0.3, -0.25) is 4.98 Å². The molecule has 30 heavy (non-hydrogen) atoms. The lowest BCUT2D eigenvalue weighted by Crippen LogP contribution is -2.19. The van der Waals surface area contributed by atoms with Crippen LogP contribution >= 0.6 is 11.6 Å². The van der Waals surface area contributed by atoms with Gasteiger partial charge in [0.25, 0.3) is 0 Å². The molecule has 5 nitrogen and oxygen atoms in total. The fraction of sp³-hybridized carbons (Fsp3) is 0.208. The Labute approximate surface area is 180 Å². The first-order valence-corrected chi connectivity index (χ1v) is 10.1. The maximum Gasteiger partial charge on any atom is 0.159 e. The standard InChI is InChI=1S/C24H23ClN4O/c1-14-5-6-15(2)21(9-14)29-22-18-10-16(7-8-20(18)26-13-19(22)25)17-11-27-23(28-12-17)24(3,4)30/h5-13,30H,1-4H3,(H,26,29). The summed E-state index contributed by atoms with van der Waals surface area (Å²) in [5, 5.41) is 15.0. The lowest BCUT2D eigenvalue weighted by Gasteiger charge is -2.16. The molecule has 0 spiro atoms. The molecule has 4 aromatic rings. The van der Waals surface area contributed by atoms with Gasteiger partial charge in [-0.05, 0) is 62.6 Å². The Morgan fingerprint density at radius 2 is 1.63 bits per heavy atom. The first-order valence-electron chi connectivity index (χ1n) is 9.70. The summed E-state index contributed by atoms with van der Waals surface area (Å²) in [6.45, 7) is 7.45. The van der Waals surface area contributed by atoms with Gasteiger partial charge in [-0.25, -0.2) is 9.97 Å². The molecule has 0 fully saturated rings. The number of nitrogens with one attached hydrogen (secondary N) is 1. The quantitative estimate of drug-likeness (QED) is 0.429. The van der Waals surface area contributed by atoms with Crippen molar-refractivity contribution in [3.05, 3.63) is 77.0 Å². The minimum atomic E-state index is -1.08. The van der Waals surface area contributed by atoms with E-state index in [9.17, 15) is 5.11 Å². The Morgan fingerprint density at radius 3 is 2.33 bits per heavy atom. The third kappa shape index (κ3) is 3.99. The van der Waals surface area contributed by atoms with Crippen LogP contribution in [-0.4, -0.2) is 20.1 Å². The molecule has 2 aromatic heterocycles. The van der Waals surface area contributed by atoms with Gasteiger partial charge in [0.1, 0.15) is 5.60 Å². The summed E-state index contributed by atoms with van der Waals surface area (Å²) in [4.78, 5) is 13.1. The largest absolute Gasteiger partial charge is 0.382 e. The van der Waals surface area contributed by atoms with E-state index >= 15 is 0 Å². The summed E-state index contributed by atoms with van der Waals surface area (Å²) in [7, 11) is 0. The minimum absolute atomic E-state index is 0.383. The van der Waals surface area contributed by atoms with Gasteiger partial charge in [-0.15, -0.1) is 0 Å². The van der Waals surface area contributed by atoms with E-state index in [1.807, 2.05) is 18.2 Å². The second-order valence-corrected chi connectivity index (χ2v) is 8.42. The van der Waals surface area contributed by atoms with Crippen molar-refractivity contribution in [2.45, 2.75) is 33.3 Å². The van der Waals surface area contributed by atoms with Gasteiger partial charge in [0.05, 0.1) is 16.2 Å². The Bertz CT molecular complexity index is 1230. The van der Waals surface area contributed by atoms with E-state index in [1.165, 1.54) is 5.56 Å². The van der Waals surface area contributed by atoms with Gasteiger partial charge in [-0.1, -0.05) is 29.8 Å². The number of hydrogen-bond donors (Lipinski definition) is 2. The average molecular weight is 419 g/mol. The predicted molar refractivity (Wildman–Crippen MR) is 122 cm³/mol. The smallest absolute Gasteiger partial charge is 0.159 e. The molecule has 0 saturated heterocycles. The molecule has 6 heteroatoms. The van der Waals surface area contributed by atoms with Crippen LogP contribution < -0.4 is 5.32 Å². The van der Waals surface area contributed by atoms with Crippen molar-refractivity contribution in [2.24, 2.45) is 0 Å². The number of hydrogen-bond acceptors (Lipinski definition) is 5. The van der Waals surface area contributed by atoms with Crippen molar-refractivity contribution in [3.63, 3.8) is 0 Å². The van der Waals surface area contributed by atoms with Gasteiger partial charge in [0.2, 0.25) is 0 Å². The van der Waals surface area contributed by atoms with E-state index in [0.29, 0.717) is 10.8 Å². The lowest BCUT2D eigenvalue weighted by molar-refractivity contribution is 0.0687. The Kier molecular flexibility index (Phi) is 5.18. The molecule has 0 aliphatic carbocycles. The molecule has 0 radical (unpaired) electrons. The molecular formula is C24H23ClN4O. The number of fused-ring (bicyclic) bond motifs is 1. The maximum atomic E-state index is 10.1. The number of aryl methyl sites for hydroxylation is 2. The SMILES string of the molecule is Cc1ccc(C)c(Nc2c(Cl)cnc3ccc(-c4cnc(C(C)(C)O)nc4)cc23)c1. The lowest BCUT2D eigenvalue weighted by atomic mass is 10.0. The molecule has 0 unspecified atom stereocenters. The van der Waals surface area contributed by atoms with E-state index in [0.717, 1.165) is 39.0 Å². The molecule has 0 amide bonds. The zero-order valence-corrected chi connectivity index (χ0v) is 18.1. The van der Waals surface area contributed by atoms with E-state index in [2.05, 4.69) is 52.3 Å². The van der Waals surface area contributed by atoms with Crippen molar-refractivity contribution in [1.29, 1.82) is 0 Å². The Morgan fingerprint density at radius 1 is 0.900 bits per heavy atom. The first kappa shape index (κ1) is 20.3.